The van der Waals surface area contributed by atoms with Crippen molar-refractivity contribution in [1.29, 1.82) is 0 Å². The standard InChI is InChI=1S/C31H30ClF3N6O3/c1-3-44-29(42)26(21-5-4-13-36-16-21)28-27-25(18-41(40-27)17-19-6-10-23(43-2)11-7-19)38-30(39-28)37-14-12-20-8-9-22(15-24(20)32)31(33,34)35/h4-11,13,15-16,26,40H,3,12,14,17-18H2,1-2H3,(H,37,38,39). The number of anilines is 2. The van der Waals surface area contributed by atoms with E-state index in [1.165, 1.54) is 6.07 Å². The van der Waals surface area contributed by atoms with E-state index in [1.54, 1.807) is 38.6 Å². The summed E-state index contributed by atoms with van der Waals surface area (Å²) in [5, 5.41) is 5.14. The van der Waals surface area contributed by atoms with Gasteiger partial charge in [0.15, 0.2) is 0 Å². The molecule has 1 aliphatic rings. The predicted molar refractivity (Wildman–Crippen MR) is 159 cm³/mol. The number of carbonyl (C=O) groups is 1. The van der Waals surface area contributed by atoms with E-state index in [0.29, 0.717) is 47.7 Å². The van der Waals surface area contributed by atoms with Crippen molar-refractivity contribution in [3.63, 3.8) is 0 Å². The molecule has 44 heavy (non-hydrogen) atoms. The maximum absolute atomic E-state index is 13.3. The van der Waals surface area contributed by atoms with Gasteiger partial charge in [-0.25, -0.2) is 15.0 Å². The Morgan fingerprint density at radius 1 is 1.16 bits per heavy atom. The van der Waals surface area contributed by atoms with E-state index in [2.05, 4.69) is 15.7 Å². The number of nitrogens with one attached hydrogen (secondary N) is 2. The monoisotopic (exact) mass is 626 g/mol. The molecule has 230 valence electrons. The molecule has 0 radical (unpaired) electrons. The highest BCUT2D eigenvalue weighted by Crippen LogP contribution is 2.37. The number of benzene rings is 2. The van der Waals surface area contributed by atoms with Crippen molar-refractivity contribution >= 4 is 29.2 Å². The third kappa shape index (κ3) is 7.20. The first-order valence-electron chi connectivity index (χ1n) is 13.9. The minimum atomic E-state index is -4.48. The van der Waals surface area contributed by atoms with E-state index in [9.17, 15) is 18.0 Å². The fourth-order valence-electron chi connectivity index (χ4n) is 4.89. The molecular formula is C31H30ClF3N6O3. The highest BCUT2D eigenvalue weighted by molar-refractivity contribution is 6.31. The Morgan fingerprint density at radius 3 is 2.61 bits per heavy atom. The van der Waals surface area contributed by atoms with Crippen LogP contribution in [0.15, 0.2) is 67.0 Å². The van der Waals surface area contributed by atoms with Crippen LogP contribution in [0.4, 0.5) is 24.8 Å². The number of nitrogens with zero attached hydrogens (tertiary/aromatic N) is 4. The molecule has 3 heterocycles. The highest BCUT2D eigenvalue weighted by Gasteiger charge is 2.34. The summed E-state index contributed by atoms with van der Waals surface area (Å²) in [7, 11) is 1.61. The third-order valence-corrected chi connectivity index (χ3v) is 7.38. The second-order valence-corrected chi connectivity index (χ2v) is 10.4. The van der Waals surface area contributed by atoms with Crippen molar-refractivity contribution in [1.82, 2.24) is 20.0 Å². The largest absolute Gasteiger partial charge is 0.497 e. The van der Waals surface area contributed by atoms with Crippen LogP contribution < -0.4 is 15.5 Å². The number of rotatable bonds is 11. The Morgan fingerprint density at radius 2 is 1.95 bits per heavy atom. The molecule has 13 heteroatoms. The number of fused-ring (bicyclic) bond motifs is 1. The lowest BCUT2D eigenvalue weighted by Crippen LogP contribution is -2.24. The first kappa shape index (κ1) is 31.0. The summed E-state index contributed by atoms with van der Waals surface area (Å²) >= 11 is 6.16. The number of carbonyl (C=O) groups excluding carboxylic acids is 1. The average molecular weight is 627 g/mol. The Bertz CT molecular complexity index is 1610. The van der Waals surface area contributed by atoms with Crippen LogP contribution in [0.2, 0.25) is 5.02 Å². The molecule has 1 atom stereocenters. The fraction of sp³-hybridized carbons (Fsp3) is 0.290. The number of hydrogen-bond acceptors (Lipinski definition) is 9. The molecule has 4 aromatic rings. The fourth-order valence-corrected chi connectivity index (χ4v) is 5.16. The number of pyridine rings is 1. The van der Waals surface area contributed by atoms with Gasteiger partial charge in [0.25, 0.3) is 0 Å². The first-order chi connectivity index (χ1) is 21.2. The third-order valence-electron chi connectivity index (χ3n) is 7.03. The zero-order valence-electron chi connectivity index (χ0n) is 24.0. The molecule has 0 aliphatic carbocycles. The summed E-state index contributed by atoms with van der Waals surface area (Å²) in [6.45, 7) is 3.14. The quantitative estimate of drug-likeness (QED) is 0.187. The van der Waals surface area contributed by atoms with E-state index < -0.39 is 23.6 Å². The number of alkyl halides is 3. The maximum Gasteiger partial charge on any atom is 0.416 e. The summed E-state index contributed by atoms with van der Waals surface area (Å²) in [5.41, 5.74) is 6.41. The minimum absolute atomic E-state index is 0.0227. The van der Waals surface area contributed by atoms with Gasteiger partial charge in [-0.15, -0.1) is 0 Å². The Hall–Kier alpha value is -4.42. The number of hydrogen-bond donors (Lipinski definition) is 2. The van der Waals surface area contributed by atoms with Crippen molar-refractivity contribution in [3.05, 3.63) is 106 Å². The summed E-state index contributed by atoms with van der Waals surface area (Å²) in [5.74, 6) is -0.368. The van der Waals surface area contributed by atoms with Crippen LogP contribution in [0.1, 0.15) is 46.5 Å². The Balaban J connectivity index is 1.43. The summed E-state index contributed by atoms with van der Waals surface area (Å²) in [6.07, 6.45) is -0.948. The molecule has 9 nitrogen and oxygen atoms in total. The van der Waals surface area contributed by atoms with Crippen molar-refractivity contribution < 1.29 is 27.4 Å². The molecule has 0 fully saturated rings. The van der Waals surface area contributed by atoms with Crippen molar-refractivity contribution in [3.8, 4) is 5.75 Å². The molecular weight excluding hydrogens is 597 g/mol. The van der Waals surface area contributed by atoms with Crippen molar-refractivity contribution in [2.24, 2.45) is 0 Å². The van der Waals surface area contributed by atoms with E-state index >= 15 is 0 Å². The normalized spacial score (nSPS) is 13.6. The Kier molecular flexibility index (Phi) is 9.50. The van der Waals surface area contributed by atoms with Crippen LogP contribution in [-0.2, 0) is 35.2 Å². The number of ether oxygens (including phenoxy) is 2. The van der Waals surface area contributed by atoms with Gasteiger partial charge in [0, 0.05) is 30.5 Å². The Labute approximate surface area is 257 Å². The minimum Gasteiger partial charge on any atom is -0.497 e. The van der Waals surface area contributed by atoms with Crippen LogP contribution in [0.3, 0.4) is 0 Å². The zero-order valence-corrected chi connectivity index (χ0v) is 24.7. The number of aromatic nitrogens is 3. The number of halogens is 4. The molecule has 0 amide bonds. The van der Waals surface area contributed by atoms with Crippen LogP contribution in [0.5, 0.6) is 5.75 Å². The molecule has 0 saturated carbocycles. The molecule has 2 N–H and O–H groups in total. The van der Waals surface area contributed by atoms with Crippen molar-refractivity contribution in [2.75, 3.05) is 31.0 Å². The highest BCUT2D eigenvalue weighted by atomic mass is 35.5. The van der Waals surface area contributed by atoms with Crippen LogP contribution in [0.25, 0.3) is 0 Å². The van der Waals surface area contributed by atoms with Gasteiger partial charge in [0.2, 0.25) is 5.95 Å². The average Bonchev–Trinajstić information content (AvgIpc) is 3.41. The molecule has 0 saturated heterocycles. The first-order valence-corrected chi connectivity index (χ1v) is 14.3. The van der Waals surface area contributed by atoms with Gasteiger partial charge < -0.3 is 20.2 Å². The topological polar surface area (TPSA) is 102 Å². The number of esters is 1. The molecule has 5 rings (SSSR count). The van der Waals surface area contributed by atoms with Crippen LogP contribution in [-0.4, -0.2) is 46.2 Å². The lowest BCUT2D eigenvalue weighted by Gasteiger charge is -2.20. The summed E-state index contributed by atoms with van der Waals surface area (Å²) in [6, 6.07) is 14.5. The molecule has 2 aromatic carbocycles. The van der Waals surface area contributed by atoms with Crippen LogP contribution >= 0.6 is 11.6 Å². The lowest BCUT2D eigenvalue weighted by molar-refractivity contribution is -0.144. The van der Waals surface area contributed by atoms with Gasteiger partial charge in [-0.2, -0.15) is 13.2 Å². The summed E-state index contributed by atoms with van der Waals surface area (Å²) < 4.78 is 49.9. The molecule has 2 aromatic heterocycles. The van der Waals surface area contributed by atoms with E-state index in [1.807, 2.05) is 29.3 Å². The van der Waals surface area contributed by atoms with E-state index in [-0.39, 0.29) is 24.1 Å². The lowest BCUT2D eigenvalue weighted by atomic mass is 9.95. The van der Waals surface area contributed by atoms with Gasteiger partial charge in [0.1, 0.15) is 11.7 Å². The van der Waals surface area contributed by atoms with Crippen LogP contribution in [0, 0.1) is 0 Å². The SMILES string of the molecule is CCOC(=O)C(c1cccnc1)c1nc(NCCc2ccc(C(F)(F)F)cc2Cl)nc2c1NN(Cc1ccc(OC)cc1)C2. The summed E-state index contributed by atoms with van der Waals surface area (Å²) in [4.78, 5) is 27.0. The molecule has 1 unspecified atom stereocenters. The number of methoxy groups -OCH3 is 1. The van der Waals surface area contributed by atoms with Gasteiger partial charge in [-0.05, 0) is 60.4 Å². The smallest absolute Gasteiger partial charge is 0.416 e. The van der Waals surface area contributed by atoms with Gasteiger partial charge in [-0.1, -0.05) is 35.9 Å². The number of hydrazine groups is 1. The van der Waals surface area contributed by atoms with Gasteiger partial charge >= 0.3 is 12.1 Å². The van der Waals surface area contributed by atoms with Gasteiger partial charge in [-0.3, -0.25) is 9.78 Å². The van der Waals surface area contributed by atoms with Gasteiger partial charge in [0.05, 0.1) is 42.9 Å². The second kappa shape index (κ2) is 13.5. The second-order valence-electron chi connectivity index (χ2n) is 10.0. The maximum atomic E-state index is 13.3. The van der Waals surface area contributed by atoms with E-state index in [0.717, 1.165) is 23.4 Å². The molecule has 1 aliphatic heterocycles. The zero-order chi connectivity index (χ0) is 31.3. The molecule has 0 spiro atoms. The van der Waals surface area contributed by atoms with E-state index in [4.69, 9.17) is 31.0 Å². The molecule has 0 bridgehead atoms. The van der Waals surface area contributed by atoms with Crippen molar-refractivity contribution in [2.45, 2.75) is 38.5 Å². The predicted octanol–water partition coefficient (Wildman–Crippen LogP) is 6.24.